The Hall–Kier alpha value is -2.00. The molecule has 0 radical (unpaired) electrons. The molecule has 2 aromatic carbocycles. The molecule has 0 aromatic heterocycles. The van der Waals surface area contributed by atoms with Gasteiger partial charge in [0.25, 0.3) is 0 Å². The quantitative estimate of drug-likeness (QED) is 0.367. The van der Waals surface area contributed by atoms with Crippen LogP contribution in [-0.2, 0) is 17.9 Å². The summed E-state index contributed by atoms with van der Waals surface area (Å²) in [7, 11) is 5.28. The van der Waals surface area contributed by atoms with Crippen LogP contribution in [0, 0.1) is 0 Å². The van der Waals surface area contributed by atoms with Crippen molar-refractivity contribution >= 4 is 35.6 Å². The van der Waals surface area contributed by atoms with Gasteiger partial charge in [-0.05, 0) is 23.3 Å². The van der Waals surface area contributed by atoms with Crippen LogP contribution >= 0.6 is 24.0 Å². The van der Waals surface area contributed by atoms with E-state index in [9.17, 15) is 0 Å². The van der Waals surface area contributed by atoms with E-state index in [2.05, 4.69) is 50.4 Å². The van der Waals surface area contributed by atoms with Gasteiger partial charge >= 0.3 is 0 Å². The van der Waals surface area contributed by atoms with Gasteiger partial charge in [0.2, 0.25) is 0 Å². The van der Waals surface area contributed by atoms with Crippen molar-refractivity contribution in [2.75, 3.05) is 52.3 Å². The number of hydrogen-bond acceptors (Lipinski definition) is 4. The molecule has 1 aliphatic rings. The van der Waals surface area contributed by atoms with Gasteiger partial charge in [-0.3, -0.25) is 4.99 Å². The van der Waals surface area contributed by atoms with E-state index < -0.39 is 0 Å². The van der Waals surface area contributed by atoms with Crippen molar-refractivity contribution in [3.05, 3.63) is 59.7 Å². The van der Waals surface area contributed by atoms with E-state index in [1.54, 1.807) is 14.2 Å². The van der Waals surface area contributed by atoms with Crippen LogP contribution in [0.25, 0.3) is 0 Å². The lowest BCUT2D eigenvalue weighted by Crippen LogP contribution is -2.52. The van der Waals surface area contributed by atoms with Gasteiger partial charge in [0.05, 0.1) is 13.7 Å². The van der Waals surface area contributed by atoms with Gasteiger partial charge in [0.15, 0.2) is 5.96 Å². The SMILES string of the molecule is CN=C(NCc1ccccc1COC)N1CCN(c2cccc(OC)c2)CC1.I. The molecular weight excluding hydrogens is 479 g/mol. The van der Waals surface area contributed by atoms with Gasteiger partial charge in [-0.1, -0.05) is 30.3 Å². The molecule has 1 aliphatic heterocycles. The van der Waals surface area contributed by atoms with Gasteiger partial charge in [0, 0.05) is 58.6 Å². The van der Waals surface area contributed by atoms with E-state index in [4.69, 9.17) is 9.47 Å². The molecule has 158 valence electrons. The second-order valence-electron chi connectivity index (χ2n) is 6.78. The fourth-order valence-corrected chi connectivity index (χ4v) is 3.52. The highest BCUT2D eigenvalue weighted by molar-refractivity contribution is 14.0. The lowest BCUT2D eigenvalue weighted by atomic mass is 10.1. The number of halogens is 1. The molecule has 1 heterocycles. The number of nitrogens with zero attached hydrogens (tertiary/aromatic N) is 3. The minimum atomic E-state index is 0. The molecule has 1 fully saturated rings. The highest BCUT2D eigenvalue weighted by atomic mass is 127. The Morgan fingerprint density at radius 1 is 1.00 bits per heavy atom. The average Bonchev–Trinajstić information content (AvgIpc) is 2.76. The Bertz CT molecular complexity index is 792. The summed E-state index contributed by atoms with van der Waals surface area (Å²) in [5.41, 5.74) is 3.65. The number of piperazine rings is 1. The third-order valence-corrected chi connectivity index (χ3v) is 5.06. The van der Waals surface area contributed by atoms with Crippen LogP contribution in [0.3, 0.4) is 0 Å². The van der Waals surface area contributed by atoms with Gasteiger partial charge in [0.1, 0.15) is 5.75 Å². The number of aliphatic imine (C=N–C) groups is 1. The van der Waals surface area contributed by atoms with Crippen LogP contribution < -0.4 is 15.0 Å². The number of rotatable bonds is 6. The molecule has 0 bridgehead atoms. The topological polar surface area (TPSA) is 49.3 Å². The number of guanidine groups is 1. The van der Waals surface area contributed by atoms with E-state index in [1.807, 2.05) is 25.2 Å². The molecule has 0 saturated carbocycles. The summed E-state index contributed by atoms with van der Waals surface area (Å²) in [4.78, 5) is 9.19. The van der Waals surface area contributed by atoms with Gasteiger partial charge < -0.3 is 24.6 Å². The van der Waals surface area contributed by atoms with Crippen molar-refractivity contribution in [2.24, 2.45) is 4.99 Å². The summed E-state index contributed by atoms with van der Waals surface area (Å²) >= 11 is 0. The Morgan fingerprint density at radius 3 is 2.38 bits per heavy atom. The molecule has 1 N–H and O–H groups in total. The number of methoxy groups -OCH3 is 2. The number of hydrogen-bond donors (Lipinski definition) is 1. The predicted octanol–water partition coefficient (Wildman–Crippen LogP) is 3.36. The zero-order valence-electron chi connectivity index (χ0n) is 17.4. The molecule has 0 unspecified atom stereocenters. The zero-order chi connectivity index (χ0) is 19.8. The lowest BCUT2D eigenvalue weighted by molar-refractivity contribution is 0.184. The molecule has 3 rings (SSSR count). The van der Waals surface area contributed by atoms with Crippen molar-refractivity contribution in [1.29, 1.82) is 0 Å². The predicted molar refractivity (Wildman–Crippen MR) is 130 cm³/mol. The summed E-state index contributed by atoms with van der Waals surface area (Å²) in [6, 6.07) is 16.6. The smallest absolute Gasteiger partial charge is 0.194 e. The Morgan fingerprint density at radius 2 is 1.72 bits per heavy atom. The first-order chi connectivity index (χ1) is 13.7. The monoisotopic (exact) mass is 510 g/mol. The highest BCUT2D eigenvalue weighted by Gasteiger charge is 2.20. The Kier molecular flexibility index (Phi) is 9.53. The maximum absolute atomic E-state index is 5.35. The zero-order valence-corrected chi connectivity index (χ0v) is 19.8. The second-order valence-corrected chi connectivity index (χ2v) is 6.78. The van der Waals surface area contributed by atoms with Crippen LogP contribution in [0.2, 0.25) is 0 Å². The van der Waals surface area contributed by atoms with Crippen molar-refractivity contribution in [2.45, 2.75) is 13.2 Å². The molecule has 2 aromatic rings. The van der Waals surface area contributed by atoms with E-state index in [1.165, 1.54) is 16.8 Å². The van der Waals surface area contributed by atoms with E-state index in [0.29, 0.717) is 6.61 Å². The van der Waals surface area contributed by atoms with Gasteiger partial charge in [-0.25, -0.2) is 0 Å². The van der Waals surface area contributed by atoms with Crippen molar-refractivity contribution < 1.29 is 9.47 Å². The lowest BCUT2D eigenvalue weighted by Gasteiger charge is -2.37. The van der Waals surface area contributed by atoms with Crippen molar-refractivity contribution in [3.63, 3.8) is 0 Å². The third-order valence-electron chi connectivity index (χ3n) is 5.06. The fourth-order valence-electron chi connectivity index (χ4n) is 3.52. The normalized spacial score (nSPS) is 14.4. The molecule has 0 spiro atoms. The molecule has 0 atom stereocenters. The molecule has 0 amide bonds. The maximum Gasteiger partial charge on any atom is 0.194 e. The molecule has 29 heavy (non-hydrogen) atoms. The van der Waals surface area contributed by atoms with Crippen LogP contribution in [0.4, 0.5) is 5.69 Å². The molecule has 1 saturated heterocycles. The van der Waals surface area contributed by atoms with E-state index >= 15 is 0 Å². The first-order valence-corrected chi connectivity index (χ1v) is 9.65. The van der Waals surface area contributed by atoms with Gasteiger partial charge in [-0.15, -0.1) is 24.0 Å². The summed E-state index contributed by atoms with van der Waals surface area (Å²) in [5, 5.41) is 3.51. The first kappa shape index (κ1) is 23.3. The summed E-state index contributed by atoms with van der Waals surface area (Å²) in [6.07, 6.45) is 0. The van der Waals surface area contributed by atoms with Crippen LogP contribution in [-0.4, -0.2) is 58.3 Å². The fraction of sp³-hybridized carbons (Fsp3) is 0.409. The van der Waals surface area contributed by atoms with Crippen molar-refractivity contribution in [3.8, 4) is 5.75 Å². The van der Waals surface area contributed by atoms with Crippen LogP contribution in [0.1, 0.15) is 11.1 Å². The largest absolute Gasteiger partial charge is 0.497 e. The second kappa shape index (κ2) is 11.9. The standard InChI is InChI=1S/C22H30N4O2.HI/c1-23-22(24-16-18-7-4-5-8-19(18)17-27-2)26-13-11-25(12-14-26)20-9-6-10-21(15-20)28-3;/h4-10,15H,11-14,16-17H2,1-3H3,(H,23,24);1H. The third kappa shape index (κ3) is 6.24. The Balaban J connectivity index is 0.00000300. The van der Waals surface area contributed by atoms with Crippen molar-refractivity contribution in [1.82, 2.24) is 10.2 Å². The molecular formula is C22H31IN4O2. The van der Waals surface area contributed by atoms with Crippen LogP contribution in [0.5, 0.6) is 5.75 Å². The van der Waals surface area contributed by atoms with Gasteiger partial charge in [-0.2, -0.15) is 0 Å². The molecule has 6 nitrogen and oxygen atoms in total. The maximum atomic E-state index is 5.35. The minimum Gasteiger partial charge on any atom is -0.497 e. The number of nitrogens with one attached hydrogen (secondary N) is 1. The first-order valence-electron chi connectivity index (χ1n) is 9.65. The van der Waals surface area contributed by atoms with E-state index in [0.717, 1.165) is 44.4 Å². The van der Waals surface area contributed by atoms with E-state index in [-0.39, 0.29) is 24.0 Å². The summed E-state index contributed by atoms with van der Waals surface area (Å²) < 4.78 is 10.7. The number of benzene rings is 2. The minimum absolute atomic E-state index is 0. The molecule has 0 aliphatic carbocycles. The summed E-state index contributed by atoms with van der Waals surface area (Å²) in [5.74, 6) is 1.84. The summed E-state index contributed by atoms with van der Waals surface area (Å²) in [6.45, 7) is 5.12. The Labute approximate surface area is 190 Å². The van der Waals surface area contributed by atoms with Crippen LogP contribution in [0.15, 0.2) is 53.5 Å². The molecule has 7 heteroatoms. The number of anilines is 1. The highest BCUT2D eigenvalue weighted by Crippen LogP contribution is 2.22. The average molecular weight is 510 g/mol. The number of ether oxygens (including phenoxy) is 2.